The molecule has 0 spiro atoms. The van der Waals surface area contributed by atoms with E-state index in [1.165, 1.54) is 18.3 Å². The third-order valence-corrected chi connectivity index (χ3v) is 3.95. The van der Waals surface area contributed by atoms with Crippen molar-refractivity contribution in [3.05, 3.63) is 82.1 Å². The maximum atomic E-state index is 11.9. The lowest BCUT2D eigenvalue weighted by molar-refractivity contribution is -0.384. The van der Waals surface area contributed by atoms with Gasteiger partial charge in [0.2, 0.25) is 0 Å². The molecule has 8 nitrogen and oxygen atoms in total. The number of nitrogens with one attached hydrogen (secondary N) is 2. The summed E-state index contributed by atoms with van der Waals surface area (Å²) in [6.07, 6.45) is 1.39. The molecule has 0 bridgehead atoms. The molecule has 3 rings (SSSR count). The molecule has 2 aromatic carbocycles. The molecule has 142 valence electrons. The fourth-order valence-corrected chi connectivity index (χ4v) is 2.48. The Kier molecular flexibility index (Phi) is 5.81. The van der Waals surface area contributed by atoms with Gasteiger partial charge < -0.3 is 9.73 Å². The minimum Gasteiger partial charge on any atom is -0.455 e. The number of nitro groups is 1. The second kappa shape index (κ2) is 8.63. The second-order valence-electron chi connectivity index (χ2n) is 5.97. The maximum Gasteiger partial charge on any atom is 0.269 e. The first kappa shape index (κ1) is 18.8. The number of hydrogen-bond acceptors (Lipinski definition) is 6. The summed E-state index contributed by atoms with van der Waals surface area (Å²) in [6.45, 7) is 2.05. The van der Waals surface area contributed by atoms with Crippen molar-refractivity contribution in [1.82, 2.24) is 5.43 Å². The van der Waals surface area contributed by atoms with Crippen molar-refractivity contribution < 1.29 is 14.1 Å². The fraction of sp³-hybridized carbons (Fsp3) is 0.100. The van der Waals surface area contributed by atoms with Crippen molar-refractivity contribution in [3.63, 3.8) is 0 Å². The van der Waals surface area contributed by atoms with E-state index >= 15 is 0 Å². The number of rotatable bonds is 7. The predicted molar refractivity (Wildman–Crippen MR) is 106 cm³/mol. The number of non-ortho nitro benzene ring substituents is 1. The number of carbonyl (C=O) groups is 1. The Hall–Kier alpha value is -3.94. The lowest BCUT2D eigenvalue weighted by atomic mass is 10.1. The van der Waals surface area contributed by atoms with Crippen LogP contribution in [-0.4, -0.2) is 23.6 Å². The van der Waals surface area contributed by atoms with Crippen LogP contribution in [0.2, 0.25) is 0 Å². The van der Waals surface area contributed by atoms with Crippen LogP contribution in [0.15, 0.2) is 70.2 Å². The highest BCUT2D eigenvalue weighted by molar-refractivity contribution is 5.83. The summed E-state index contributed by atoms with van der Waals surface area (Å²) in [5, 5.41) is 17.6. The monoisotopic (exact) mass is 378 g/mol. The quantitative estimate of drug-likeness (QED) is 0.370. The van der Waals surface area contributed by atoms with Gasteiger partial charge in [0.25, 0.3) is 11.6 Å². The van der Waals surface area contributed by atoms with Crippen LogP contribution in [0.5, 0.6) is 0 Å². The SMILES string of the molecule is Cc1ccccc1NCC(=O)N/N=C/c1ccc(-c2ccc([N+](=O)[O-])cc2)o1. The van der Waals surface area contributed by atoms with E-state index in [0.29, 0.717) is 17.1 Å². The van der Waals surface area contributed by atoms with Crippen LogP contribution in [0.1, 0.15) is 11.3 Å². The van der Waals surface area contributed by atoms with E-state index in [0.717, 1.165) is 11.3 Å². The Bertz CT molecular complexity index is 1010. The van der Waals surface area contributed by atoms with E-state index in [-0.39, 0.29) is 18.1 Å². The van der Waals surface area contributed by atoms with Gasteiger partial charge in [-0.2, -0.15) is 5.10 Å². The lowest BCUT2D eigenvalue weighted by Crippen LogP contribution is -2.26. The van der Waals surface area contributed by atoms with Crippen molar-refractivity contribution in [3.8, 4) is 11.3 Å². The molecule has 8 heteroatoms. The molecule has 0 atom stereocenters. The number of hydrazone groups is 1. The number of nitrogens with zero attached hydrogens (tertiary/aromatic N) is 2. The Morgan fingerprint density at radius 3 is 2.61 bits per heavy atom. The van der Waals surface area contributed by atoms with Gasteiger partial charge in [0.15, 0.2) is 0 Å². The predicted octanol–water partition coefficient (Wildman–Crippen LogP) is 3.73. The summed E-state index contributed by atoms with van der Waals surface area (Å²) in [6, 6.07) is 17.1. The fourth-order valence-electron chi connectivity index (χ4n) is 2.48. The van der Waals surface area contributed by atoms with Crippen LogP contribution in [0.4, 0.5) is 11.4 Å². The standard InChI is InChI=1S/C20H18N4O4/c1-14-4-2-3-5-18(14)21-13-20(25)23-22-12-17-10-11-19(28-17)15-6-8-16(9-7-15)24(26)27/h2-12,21H,13H2,1H3,(H,23,25)/b22-12+. The van der Waals surface area contributed by atoms with Crippen LogP contribution in [-0.2, 0) is 4.79 Å². The average Bonchev–Trinajstić information content (AvgIpc) is 3.16. The van der Waals surface area contributed by atoms with Crippen molar-refractivity contribution >= 4 is 23.5 Å². The zero-order chi connectivity index (χ0) is 19.9. The summed E-state index contributed by atoms with van der Waals surface area (Å²) in [7, 11) is 0. The lowest BCUT2D eigenvalue weighted by Gasteiger charge is -2.07. The van der Waals surface area contributed by atoms with Gasteiger partial charge in [0.1, 0.15) is 11.5 Å². The smallest absolute Gasteiger partial charge is 0.269 e. The number of amides is 1. The molecule has 0 saturated carbocycles. The first-order valence-corrected chi connectivity index (χ1v) is 8.49. The number of carbonyl (C=O) groups excluding carboxylic acids is 1. The summed E-state index contributed by atoms with van der Waals surface area (Å²) in [5.41, 5.74) is 5.08. The molecule has 0 radical (unpaired) electrons. The Balaban J connectivity index is 1.53. The topological polar surface area (TPSA) is 110 Å². The highest BCUT2D eigenvalue weighted by Gasteiger charge is 2.08. The summed E-state index contributed by atoms with van der Waals surface area (Å²) in [5.74, 6) is 0.700. The maximum absolute atomic E-state index is 11.9. The third kappa shape index (κ3) is 4.82. The van der Waals surface area contributed by atoms with Crippen molar-refractivity contribution in [1.29, 1.82) is 0 Å². The normalized spacial score (nSPS) is 10.8. The number of anilines is 1. The van der Waals surface area contributed by atoms with Gasteiger partial charge >= 0.3 is 0 Å². The zero-order valence-corrected chi connectivity index (χ0v) is 15.1. The molecule has 28 heavy (non-hydrogen) atoms. The first-order valence-electron chi connectivity index (χ1n) is 8.49. The average molecular weight is 378 g/mol. The summed E-state index contributed by atoms with van der Waals surface area (Å²) < 4.78 is 5.61. The Morgan fingerprint density at radius 1 is 1.14 bits per heavy atom. The first-order chi connectivity index (χ1) is 13.5. The molecule has 3 aromatic rings. The number of hydrogen-bond donors (Lipinski definition) is 2. The minimum absolute atomic E-state index is 0.0131. The van der Waals surface area contributed by atoms with Gasteiger partial charge in [0, 0.05) is 23.4 Å². The van der Waals surface area contributed by atoms with E-state index in [4.69, 9.17) is 4.42 Å². The second-order valence-corrected chi connectivity index (χ2v) is 5.97. The van der Waals surface area contributed by atoms with E-state index < -0.39 is 4.92 Å². The van der Waals surface area contributed by atoms with Crippen LogP contribution < -0.4 is 10.7 Å². The van der Waals surface area contributed by atoms with Crippen molar-refractivity contribution in [2.75, 3.05) is 11.9 Å². The summed E-state index contributed by atoms with van der Waals surface area (Å²) >= 11 is 0. The van der Waals surface area contributed by atoms with E-state index in [9.17, 15) is 14.9 Å². The molecule has 0 aliphatic heterocycles. The molecule has 0 saturated heterocycles. The highest BCUT2D eigenvalue weighted by atomic mass is 16.6. The van der Waals surface area contributed by atoms with Gasteiger partial charge in [-0.1, -0.05) is 18.2 Å². The van der Waals surface area contributed by atoms with Crippen LogP contribution in [0, 0.1) is 17.0 Å². The van der Waals surface area contributed by atoms with E-state index in [2.05, 4.69) is 15.8 Å². The molecular formula is C20H18N4O4. The third-order valence-electron chi connectivity index (χ3n) is 3.95. The number of para-hydroxylation sites is 1. The van der Waals surface area contributed by atoms with Gasteiger partial charge in [0.05, 0.1) is 17.7 Å². The Labute approximate surface area is 161 Å². The van der Waals surface area contributed by atoms with E-state index in [1.807, 2.05) is 31.2 Å². The molecule has 0 unspecified atom stereocenters. The van der Waals surface area contributed by atoms with Gasteiger partial charge in [-0.05, 0) is 42.8 Å². The van der Waals surface area contributed by atoms with Crippen molar-refractivity contribution in [2.45, 2.75) is 6.92 Å². The van der Waals surface area contributed by atoms with Gasteiger partial charge in [-0.3, -0.25) is 14.9 Å². The van der Waals surface area contributed by atoms with Crippen LogP contribution in [0.25, 0.3) is 11.3 Å². The number of furan rings is 1. The largest absolute Gasteiger partial charge is 0.455 e. The highest BCUT2D eigenvalue weighted by Crippen LogP contribution is 2.24. The van der Waals surface area contributed by atoms with Crippen LogP contribution in [0.3, 0.4) is 0 Å². The van der Waals surface area contributed by atoms with Gasteiger partial charge in [-0.25, -0.2) is 5.43 Å². The molecule has 0 aliphatic carbocycles. The van der Waals surface area contributed by atoms with Gasteiger partial charge in [-0.15, -0.1) is 0 Å². The molecule has 1 heterocycles. The number of nitro benzene ring substituents is 1. The molecule has 2 N–H and O–H groups in total. The molecule has 1 aromatic heterocycles. The van der Waals surface area contributed by atoms with Crippen LogP contribution >= 0.6 is 0 Å². The molecule has 0 fully saturated rings. The number of aryl methyl sites for hydroxylation is 1. The minimum atomic E-state index is -0.458. The molecule has 1 amide bonds. The summed E-state index contributed by atoms with van der Waals surface area (Å²) in [4.78, 5) is 22.1. The Morgan fingerprint density at radius 2 is 1.89 bits per heavy atom. The molecular weight excluding hydrogens is 360 g/mol. The van der Waals surface area contributed by atoms with Crippen molar-refractivity contribution in [2.24, 2.45) is 5.10 Å². The van der Waals surface area contributed by atoms with E-state index in [1.54, 1.807) is 24.3 Å². The number of benzene rings is 2. The molecule has 0 aliphatic rings. The zero-order valence-electron chi connectivity index (χ0n) is 15.1.